The molecule has 4 aromatic rings. The van der Waals surface area contributed by atoms with E-state index < -0.39 is 17.4 Å². The summed E-state index contributed by atoms with van der Waals surface area (Å²) in [5.41, 5.74) is -0.907. The van der Waals surface area contributed by atoms with Crippen LogP contribution in [0, 0.1) is 5.82 Å². The molecule has 6 nitrogen and oxygen atoms in total. The highest BCUT2D eigenvalue weighted by molar-refractivity contribution is 5.82. The molecule has 5 rings (SSSR count). The van der Waals surface area contributed by atoms with Gasteiger partial charge in [0.1, 0.15) is 17.1 Å². The van der Waals surface area contributed by atoms with E-state index in [9.17, 15) is 22.4 Å². The van der Waals surface area contributed by atoms with Crippen molar-refractivity contribution < 1.29 is 31.2 Å². The topological polar surface area (TPSA) is 68.7 Å². The molecule has 1 fully saturated rings. The van der Waals surface area contributed by atoms with Crippen LogP contribution in [0.3, 0.4) is 0 Å². The van der Waals surface area contributed by atoms with Crippen LogP contribution in [0.1, 0.15) is 36.4 Å². The van der Waals surface area contributed by atoms with Gasteiger partial charge in [0.05, 0.1) is 17.9 Å². The molecule has 1 aliphatic rings. The molecule has 0 unspecified atom stereocenters. The maximum absolute atomic E-state index is 13.4. The van der Waals surface area contributed by atoms with Gasteiger partial charge in [-0.25, -0.2) is 9.18 Å². The molecule has 1 saturated heterocycles. The molecule has 0 aliphatic carbocycles. The van der Waals surface area contributed by atoms with Crippen molar-refractivity contribution in [2.24, 2.45) is 0 Å². The van der Waals surface area contributed by atoms with Gasteiger partial charge in [-0.1, -0.05) is 5.16 Å². The van der Waals surface area contributed by atoms with Crippen molar-refractivity contribution in [1.29, 1.82) is 0 Å². The zero-order chi connectivity index (χ0) is 24.6. The number of rotatable bonds is 6. The lowest BCUT2D eigenvalue weighted by Gasteiger charge is -2.31. The number of aromatic nitrogens is 1. The number of hydrogen-bond acceptors (Lipinski definition) is 6. The highest BCUT2D eigenvalue weighted by Crippen LogP contribution is 2.35. The van der Waals surface area contributed by atoms with Gasteiger partial charge >= 0.3 is 11.8 Å². The number of ether oxygens (including phenoxy) is 1. The average molecular weight is 490 g/mol. The fraction of sp³-hybridized carbons (Fsp3) is 0.360. The second kappa shape index (κ2) is 9.33. The number of fused-ring (bicyclic) bond motifs is 2. The van der Waals surface area contributed by atoms with Crippen LogP contribution in [-0.2, 0) is 6.18 Å². The molecule has 1 aliphatic heterocycles. The molecule has 0 atom stereocenters. The number of hydrogen-bond donors (Lipinski definition) is 0. The Labute approximate surface area is 197 Å². The fourth-order valence-electron chi connectivity index (χ4n) is 4.60. The number of alkyl halides is 3. The van der Waals surface area contributed by atoms with Gasteiger partial charge in [0, 0.05) is 41.4 Å². The number of nitrogens with zero attached hydrogens (tertiary/aromatic N) is 2. The van der Waals surface area contributed by atoms with E-state index in [1.165, 1.54) is 30.3 Å². The largest absolute Gasteiger partial charge is 0.493 e. The summed E-state index contributed by atoms with van der Waals surface area (Å²) in [7, 11) is 0. The monoisotopic (exact) mass is 490 g/mol. The summed E-state index contributed by atoms with van der Waals surface area (Å²) in [6.07, 6.45) is -2.11. The number of halogens is 4. The smallest absolute Gasteiger partial charge is 0.417 e. The predicted molar refractivity (Wildman–Crippen MR) is 120 cm³/mol. The first-order chi connectivity index (χ1) is 16.8. The molecule has 0 amide bonds. The summed E-state index contributed by atoms with van der Waals surface area (Å²) in [5.74, 6) is 0.243. The molecule has 2 aromatic carbocycles. The van der Waals surface area contributed by atoms with E-state index in [1.54, 1.807) is 6.07 Å². The van der Waals surface area contributed by atoms with Crippen LogP contribution in [0.15, 0.2) is 56.2 Å². The van der Waals surface area contributed by atoms with E-state index in [-0.39, 0.29) is 22.7 Å². The molecule has 3 heterocycles. The van der Waals surface area contributed by atoms with Crippen LogP contribution in [0.2, 0.25) is 0 Å². The predicted octanol–water partition coefficient (Wildman–Crippen LogP) is 5.74. The molecule has 0 N–H and O–H groups in total. The Morgan fingerprint density at radius 2 is 1.80 bits per heavy atom. The third-order valence-corrected chi connectivity index (χ3v) is 6.35. The van der Waals surface area contributed by atoms with E-state index in [1.807, 2.05) is 0 Å². The van der Waals surface area contributed by atoms with Crippen molar-refractivity contribution in [3.05, 3.63) is 70.0 Å². The molecule has 0 radical (unpaired) electrons. The van der Waals surface area contributed by atoms with Crippen LogP contribution < -0.4 is 10.4 Å². The third-order valence-electron chi connectivity index (χ3n) is 6.35. The van der Waals surface area contributed by atoms with Crippen LogP contribution >= 0.6 is 0 Å². The zero-order valence-corrected chi connectivity index (χ0v) is 18.6. The van der Waals surface area contributed by atoms with Crippen LogP contribution in [0.5, 0.6) is 5.75 Å². The Morgan fingerprint density at radius 3 is 2.57 bits per heavy atom. The quantitative estimate of drug-likeness (QED) is 0.195. The maximum Gasteiger partial charge on any atom is 0.417 e. The number of piperidine rings is 1. The van der Waals surface area contributed by atoms with Crippen molar-refractivity contribution >= 4 is 21.9 Å². The summed E-state index contributed by atoms with van der Waals surface area (Å²) >= 11 is 0. The van der Waals surface area contributed by atoms with Gasteiger partial charge in [-0.05, 0) is 56.6 Å². The van der Waals surface area contributed by atoms with Gasteiger partial charge in [-0.2, -0.15) is 13.2 Å². The van der Waals surface area contributed by atoms with E-state index in [2.05, 4.69) is 10.1 Å². The van der Waals surface area contributed by atoms with E-state index in [0.29, 0.717) is 24.0 Å². The summed E-state index contributed by atoms with van der Waals surface area (Å²) in [4.78, 5) is 13.9. The number of benzene rings is 2. The summed E-state index contributed by atoms with van der Waals surface area (Å²) in [6, 6.07) is 8.93. The molecular weight excluding hydrogens is 468 g/mol. The lowest BCUT2D eigenvalue weighted by molar-refractivity contribution is -0.136. The molecular formula is C25H22F4N2O4. The highest BCUT2D eigenvalue weighted by atomic mass is 19.4. The van der Waals surface area contributed by atoms with Gasteiger partial charge in [-0.15, -0.1) is 0 Å². The van der Waals surface area contributed by atoms with E-state index >= 15 is 0 Å². The van der Waals surface area contributed by atoms with Crippen molar-refractivity contribution in [1.82, 2.24) is 10.1 Å². The molecule has 10 heteroatoms. The van der Waals surface area contributed by atoms with Crippen LogP contribution in [0.25, 0.3) is 21.9 Å². The molecule has 0 saturated carbocycles. The van der Waals surface area contributed by atoms with E-state index in [0.717, 1.165) is 50.0 Å². The van der Waals surface area contributed by atoms with E-state index in [4.69, 9.17) is 13.7 Å². The summed E-state index contributed by atoms with van der Waals surface area (Å²) in [6.45, 7) is 2.93. The molecule has 184 valence electrons. The maximum atomic E-state index is 13.4. The van der Waals surface area contributed by atoms with Crippen molar-refractivity contribution in [2.45, 2.75) is 31.4 Å². The van der Waals surface area contributed by atoms with Gasteiger partial charge in [-0.3, -0.25) is 0 Å². The Balaban J connectivity index is 1.13. The molecule has 2 aromatic heterocycles. The Kier molecular flexibility index (Phi) is 6.22. The lowest BCUT2D eigenvalue weighted by Crippen LogP contribution is -2.34. The summed E-state index contributed by atoms with van der Waals surface area (Å²) in [5, 5.41) is 4.84. The minimum absolute atomic E-state index is 0.160. The minimum atomic E-state index is -4.65. The number of likely N-dealkylation sites (tertiary alicyclic amines) is 1. The average Bonchev–Trinajstić information content (AvgIpc) is 3.24. The lowest BCUT2D eigenvalue weighted by atomic mass is 9.91. The van der Waals surface area contributed by atoms with Gasteiger partial charge in [0.15, 0.2) is 5.58 Å². The van der Waals surface area contributed by atoms with Crippen LogP contribution in [0.4, 0.5) is 17.6 Å². The standard InChI is InChI=1S/C25H22F4N2O4/c26-16-2-4-19-22(12-16)35-30-24(19)15-6-9-31(10-7-15)8-1-11-33-17-3-5-18-20(25(27,28)29)14-23(32)34-21(18)13-17/h2-5,12-15H,1,6-11H2. The first kappa shape index (κ1) is 23.3. The molecule has 0 bridgehead atoms. The first-order valence-corrected chi connectivity index (χ1v) is 11.3. The van der Waals surface area contributed by atoms with Crippen LogP contribution in [-0.4, -0.2) is 36.3 Å². The Morgan fingerprint density at radius 1 is 1.03 bits per heavy atom. The van der Waals surface area contributed by atoms with Crippen molar-refractivity contribution in [3.63, 3.8) is 0 Å². The Bertz CT molecular complexity index is 1400. The van der Waals surface area contributed by atoms with Crippen molar-refractivity contribution in [3.8, 4) is 5.75 Å². The zero-order valence-electron chi connectivity index (χ0n) is 18.6. The second-order valence-electron chi connectivity index (χ2n) is 8.66. The molecule has 0 spiro atoms. The van der Waals surface area contributed by atoms with Gasteiger partial charge in [0.2, 0.25) is 0 Å². The minimum Gasteiger partial charge on any atom is -0.493 e. The fourth-order valence-corrected chi connectivity index (χ4v) is 4.60. The normalized spacial score (nSPS) is 15.8. The van der Waals surface area contributed by atoms with Crippen molar-refractivity contribution in [2.75, 3.05) is 26.2 Å². The highest BCUT2D eigenvalue weighted by Gasteiger charge is 2.34. The molecule has 35 heavy (non-hydrogen) atoms. The third kappa shape index (κ3) is 5.02. The van der Waals surface area contributed by atoms with Gasteiger partial charge < -0.3 is 18.6 Å². The SMILES string of the molecule is O=c1cc(C(F)(F)F)c2ccc(OCCCN3CCC(c4noc5cc(F)ccc45)CC3)cc2o1. The van der Waals surface area contributed by atoms with Gasteiger partial charge in [0.25, 0.3) is 0 Å². The summed E-state index contributed by atoms with van der Waals surface area (Å²) < 4.78 is 68.8. The Hall–Kier alpha value is -3.40. The second-order valence-corrected chi connectivity index (χ2v) is 8.66. The first-order valence-electron chi connectivity index (χ1n) is 11.3.